The number of pyridine rings is 1. The molecule has 0 aliphatic rings. The summed E-state index contributed by atoms with van der Waals surface area (Å²) in [6, 6.07) is 6.59. The Hall–Kier alpha value is -1.81. The smallest absolute Gasteiger partial charge is 0.0952 e. The van der Waals surface area contributed by atoms with E-state index < -0.39 is 0 Å². The van der Waals surface area contributed by atoms with Gasteiger partial charge in [0.2, 0.25) is 0 Å². The lowest BCUT2D eigenvalue weighted by Gasteiger charge is -2.20. The fourth-order valence-electron chi connectivity index (χ4n) is 2.35. The van der Waals surface area contributed by atoms with Gasteiger partial charge in [-0.1, -0.05) is 13.8 Å². The fourth-order valence-corrected chi connectivity index (χ4v) is 2.35. The molecule has 0 radical (unpaired) electrons. The summed E-state index contributed by atoms with van der Waals surface area (Å²) in [5.41, 5.74) is 3.40. The third-order valence-corrected chi connectivity index (χ3v) is 3.62. The molecule has 0 amide bonds. The summed E-state index contributed by atoms with van der Waals surface area (Å²) in [7, 11) is 2.07. The van der Waals surface area contributed by atoms with Crippen molar-refractivity contribution in [2.45, 2.75) is 39.3 Å². The van der Waals surface area contributed by atoms with Gasteiger partial charge in [0.1, 0.15) is 0 Å². The number of aromatic nitrogens is 1. The summed E-state index contributed by atoms with van der Waals surface area (Å²) in [6.45, 7) is 6.22. The first-order valence-electron chi connectivity index (χ1n) is 7.66. The summed E-state index contributed by atoms with van der Waals surface area (Å²) in [5, 5.41) is 3.53. The van der Waals surface area contributed by atoms with E-state index in [1.807, 2.05) is 12.3 Å². The van der Waals surface area contributed by atoms with Crippen molar-refractivity contribution >= 4 is 5.69 Å². The van der Waals surface area contributed by atoms with Crippen LogP contribution in [0.2, 0.25) is 0 Å². The van der Waals surface area contributed by atoms with Gasteiger partial charge in [-0.3, -0.25) is 4.98 Å². The monoisotopic (exact) mass is 287 g/mol. The van der Waals surface area contributed by atoms with E-state index in [1.54, 1.807) is 12.5 Å². The van der Waals surface area contributed by atoms with E-state index >= 15 is 0 Å². The Morgan fingerprint density at radius 3 is 2.71 bits per heavy atom. The number of hydrogen-bond donors (Lipinski definition) is 1. The van der Waals surface area contributed by atoms with Crippen LogP contribution in [0.5, 0.6) is 0 Å². The Morgan fingerprint density at radius 2 is 2.14 bits per heavy atom. The van der Waals surface area contributed by atoms with Gasteiger partial charge in [0.05, 0.1) is 30.1 Å². The zero-order chi connectivity index (χ0) is 15.1. The van der Waals surface area contributed by atoms with E-state index in [4.69, 9.17) is 4.42 Å². The second kappa shape index (κ2) is 7.84. The maximum absolute atomic E-state index is 5.10. The summed E-state index contributed by atoms with van der Waals surface area (Å²) < 4.78 is 5.10. The number of hydrogen-bond acceptors (Lipinski definition) is 4. The molecule has 2 heterocycles. The van der Waals surface area contributed by atoms with Crippen molar-refractivity contribution in [3.63, 3.8) is 0 Å². The first-order chi connectivity index (χ1) is 10.2. The van der Waals surface area contributed by atoms with Crippen molar-refractivity contribution in [2.24, 2.45) is 0 Å². The molecule has 0 spiro atoms. The van der Waals surface area contributed by atoms with Crippen LogP contribution >= 0.6 is 0 Å². The third-order valence-electron chi connectivity index (χ3n) is 3.62. The molecule has 1 atom stereocenters. The maximum atomic E-state index is 5.10. The van der Waals surface area contributed by atoms with E-state index in [1.165, 1.54) is 0 Å². The molecule has 2 rings (SSSR count). The number of rotatable bonds is 8. The minimum Gasteiger partial charge on any atom is -0.472 e. The molecule has 1 unspecified atom stereocenters. The van der Waals surface area contributed by atoms with Gasteiger partial charge in [-0.25, -0.2) is 0 Å². The lowest BCUT2D eigenvalue weighted by molar-refractivity contribution is 0.507. The average molecular weight is 287 g/mol. The summed E-state index contributed by atoms with van der Waals surface area (Å²) in [5.74, 6) is 0. The Morgan fingerprint density at radius 1 is 1.29 bits per heavy atom. The molecule has 1 N–H and O–H groups in total. The SMILES string of the molecule is CCCNC(CC)c1ccc(N(C)Cc2ccoc2)cn1. The van der Waals surface area contributed by atoms with E-state index in [2.05, 4.69) is 48.2 Å². The highest BCUT2D eigenvalue weighted by Crippen LogP contribution is 2.19. The lowest BCUT2D eigenvalue weighted by Crippen LogP contribution is -2.22. The Labute approximate surface area is 127 Å². The number of nitrogens with one attached hydrogen (secondary N) is 1. The van der Waals surface area contributed by atoms with Crippen molar-refractivity contribution in [1.29, 1.82) is 0 Å². The Bertz CT molecular complexity index is 507. The highest BCUT2D eigenvalue weighted by molar-refractivity contribution is 5.44. The molecular formula is C17H25N3O. The largest absolute Gasteiger partial charge is 0.472 e. The molecule has 2 aromatic rings. The van der Waals surface area contributed by atoms with E-state index in [0.717, 1.165) is 42.9 Å². The van der Waals surface area contributed by atoms with Crippen LogP contribution in [-0.2, 0) is 6.54 Å². The summed E-state index contributed by atoms with van der Waals surface area (Å²) >= 11 is 0. The first kappa shape index (κ1) is 15.6. The van der Waals surface area contributed by atoms with Crippen LogP contribution in [0.1, 0.15) is 44.0 Å². The van der Waals surface area contributed by atoms with Gasteiger partial charge in [-0.05, 0) is 37.6 Å². The fraction of sp³-hybridized carbons (Fsp3) is 0.471. The molecule has 0 aliphatic heterocycles. The molecule has 0 aromatic carbocycles. The van der Waals surface area contributed by atoms with Crippen molar-refractivity contribution in [3.8, 4) is 0 Å². The van der Waals surface area contributed by atoms with Gasteiger partial charge in [0.25, 0.3) is 0 Å². The minimum atomic E-state index is 0.346. The highest BCUT2D eigenvalue weighted by Gasteiger charge is 2.10. The van der Waals surface area contributed by atoms with Gasteiger partial charge in [-0.2, -0.15) is 0 Å². The van der Waals surface area contributed by atoms with Crippen LogP contribution in [0.25, 0.3) is 0 Å². The van der Waals surface area contributed by atoms with E-state index in [9.17, 15) is 0 Å². The zero-order valence-electron chi connectivity index (χ0n) is 13.2. The van der Waals surface area contributed by atoms with Gasteiger partial charge in [-0.15, -0.1) is 0 Å². The normalized spacial score (nSPS) is 12.3. The van der Waals surface area contributed by atoms with Crippen LogP contribution in [0.4, 0.5) is 5.69 Å². The van der Waals surface area contributed by atoms with Crippen LogP contribution in [0.15, 0.2) is 41.3 Å². The predicted molar refractivity (Wildman–Crippen MR) is 86.4 cm³/mol. The molecule has 4 nitrogen and oxygen atoms in total. The van der Waals surface area contributed by atoms with Crippen molar-refractivity contribution < 1.29 is 4.42 Å². The molecular weight excluding hydrogens is 262 g/mol. The van der Waals surface area contributed by atoms with Gasteiger partial charge in [0.15, 0.2) is 0 Å². The topological polar surface area (TPSA) is 41.3 Å². The molecule has 0 bridgehead atoms. The molecule has 114 valence electrons. The number of nitrogens with zero attached hydrogens (tertiary/aromatic N) is 2. The maximum Gasteiger partial charge on any atom is 0.0952 e. The Balaban J connectivity index is 2.00. The molecule has 0 saturated carbocycles. The number of anilines is 1. The quantitative estimate of drug-likeness (QED) is 0.802. The van der Waals surface area contributed by atoms with Gasteiger partial charge < -0.3 is 14.6 Å². The molecule has 21 heavy (non-hydrogen) atoms. The van der Waals surface area contributed by atoms with Crippen molar-refractivity contribution in [3.05, 3.63) is 48.2 Å². The first-order valence-corrected chi connectivity index (χ1v) is 7.66. The van der Waals surface area contributed by atoms with Crippen molar-refractivity contribution in [2.75, 3.05) is 18.5 Å². The molecule has 4 heteroatoms. The van der Waals surface area contributed by atoms with Crippen LogP contribution in [0.3, 0.4) is 0 Å². The minimum absolute atomic E-state index is 0.346. The van der Waals surface area contributed by atoms with Gasteiger partial charge >= 0.3 is 0 Å². The molecule has 0 fully saturated rings. The summed E-state index contributed by atoms with van der Waals surface area (Å²) in [4.78, 5) is 6.79. The van der Waals surface area contributed by atoms with Crippen LogP contribution < -0.4 is 10.2 Å². The average Bonchev–Trinajstić information content (AvgIpc) is 3.01. The van der Waals surface area contributed by atoms with Crippen molar-refractivity contribution in [1.82, 2.24) is 10.3 Å². The second-order valence-electron chi connectivity index (χ2n) is 5.34. The van der Waals surface area contributed by atoms with Crippen LogP contribution in [-0.4, -0.2) is 18.6 Å². The molecule has 0 saturated heterocycles. The Kier molecular flexibility index (Phi) is 5.81. The van der Waals surface area contributed by atoms with Crippen LogP contribution in [0, 0.1) is 0 Å². The molecule has 0 aliphatic carbocycles. The molecule has 2 aromatic heterocycles. The summed E-state index contributed by atoms with van der Waals surface area (Å²) in [6.07, 6.45) is 7.63. The van der Waals surface area contributed by atoms with E-state index in [0.29, 0.717) is 6.04 Å². The zero-order valence-corrected chi connectivity index (χ0v) is 13.2. The highest BCUT2D eigenvalue weighted by atomic mass is 16.3. The lowest BCUT2D eigenvalue weighted by atomic mass is 10.1. The predicted octanol–water partition coefficient (Wildman–Crippen LogP) is 3.76. The third kappa shape index (κ3) is 4.33. The number of furan rings is 1. The standard InChI is InChI=1S/C17H25N3O/c1-4-9-18-16(5-2)17-7-6-15(11-19-17)20(3)12-14-8-10-21-13-14/h6-8,10-11,13,16,18H,4-5,9,12H2,1-3H3. The van der Waals surface area contributed by atoms with Gasteiger partial charge in [0, 0.05) is 25.2 Å². The second-order valence-corrected chi connectivity index (χ2v) is 5.34. The van der Waals surface area contributed by atoms with E-state index in [-0.39, 0.29) is 0 Å².